The zero-order valence-corrected chi connectivity index (χ0v) is 27.4. The molecule has 1 saturated heterocycles. The standard InChI is InChI=1S/C32H37F2N7O5.ClH/c1-5-44-22-13-25-28(26(14-22)45-18-21-9-6-7-12-41(21)31(43)46-32(2,3)4)30(36-19-35-25)38-20-15-37-40(16-20)17-27(42)39-24-11-8-10-23(33)29(24)34;/h8,10-11,13-16,19,21H,5-7,9,12,17-18H2,1-4H3,(H,39,42)(H,35,36,38);1H/t21-;/m1./s1. The number of aromatic nitrogens is 4. The maximum Gasteiger partial charge on any atom is 0.410 e. The van der Waals surface area contributed by atoms with E-state index in [0.717, 1.165) is 25.3 Å². The van der Waals surface area contributed by atoms with E-state index in [4.69, 9.17) is 14.2 Å². The van der Waals surface area contributed by atoms with Crippen LogP contribution in [0.3, 0.4) is 0 Å². The number of likely N-dealkylation sites (tertiary alicyclic amines) is 1. The average molecular weight is 674 g/mol. The Hall–Kier alpha value is -4.72. The first-order valence-corrected chi connectivity index (χ1v) is 15.1. The molecule has 4 aromatic rings. The van der Waals surface area contributed by atoms with E-state index in [1.54, 1.807) is 23.2 Å². The fourth-order valence-corrected chi connectivity index (χ4v) is 5.10. The van der Waals surface area contributed by atoms with E-state index in [2.05, 4.69) is 25.7 Å². The minimum absolute atomic E-state index is 0. The van der Waals surface area contributed by atoms with Crippen molar-refractivity contribution in [2.75, 3.05) is 30.4 Å². The van der Waals surface area contributed by atoms with Crippen molar-refractivity contribution in [3.8, 4) is 11.5 Å². The van der Waals surface area contributed by atoms with Gasteiger partial charge in [0.2, 0.25) is 5.91 Å². The average Bonchev–Trinajstić information content (AvgIpc) is 3.44. The van der Waals surface area contributed by atoms with Gasteiger partial charge in [0.25, 0.3) is 0 Å². The summed E-state index contributed by atoms with van der Waals surface area (Å²) in [5.74, 6) is -1.34. The number of hydrogen-bond donors (Lipinski definition) is 2. The fourth-order valence-electron chi connectivity index (χ4n) is 5.10. The van der Waals surface area contributed by atoms with Gasteiger partial charge >= 0.3 is 6.09 Å². The van der Waals surface area contributed by atoms with Crippen molar-refractivity contribution in [3.05, 3.63) is 60.7 Å². The Bertz CT molecular complexity index is 1720. The van der Waals surface area contributed by atoms with Crippen molar-refractivity contribution in [2.45, 2.75) is 65.1 Å². The van der Waals surface area contributed by atoms with Crippen LogP contribution >= 0.6 is 12.4 Å². The van der Waals surface area contributed by atoms with Crippen LogP contribution in [0.5, 0.6) is 11.5 Å². The second-order valence-corrected chi connectivity index (χ2v) is 11.8. The lowest BCUT2D eigenvalue weighted by atomic mass is 10.0. The third-order valence-corrected chi connectivity index (χ3v) is 7.10. The number of benzene rings is 2. The van der Waals surface area contributed by atoms with Gasteiger partial charge in [0.05, 0.1) is 41.1 Å². The number of halogens is 3. The molecule has 0 spiro atoms. The lowest BCUT2D eigenvalue weighted by Crippen LogP contribution is -2.48. The van der Waals surface area contributed by atoms with Crippen molar-refractivity contribution in [1.82, 2.24) is 24.6 Å². The van der Waals surface area contributed by atoms with Gasteiger partial charge in [0.15, 0.2) is 11.6 Å². The molecule has 252 valence electrons. The molecule has 0 saturated carbocycles. The summed E-state index contributed by atoms with van der Waals surface area (Å²) in [6.45, 7) is 8.39. The normalized spacial score (nSPS) is 14.7. The van der Waals surface area contributed by atoms with Gasteiger partial charge in [-0.1, -0.05) is 6.07 Å². The monoisotopic (exact) mass is 673 g/mol. The lowest BCUT2D eigenvalue weighted by molar-refractivity contribution is -0.116. The Morgan fingerprint density at radius 1 is 1.11 bits per heavy atom. The highest BCUT2D eigenvalue weighted by molar-refractivity contribution is 5.97. The number of nitrogens with zero attached hydrogens (tertiary/aromatic N) is 5. The van der Waals surface area contributed by atoms with Gasteiger partial charge in [-0.05, 0) is 59.1 Å². The zero-order chi connectivity index (χ0) is 32.8. The van der Waals surface area contributed by atoms with E-state index in [0.29, 0.717) is 47.1 Å². The summed E-state index contributed by atoms with van der Waals surface area (Å²) >= 11 is 0. The van der Waals surface area contributed by atoms with E-state index in [1.807, 2.05) is 27.7 Å². The van der Waals surface area contributed by atoms with Gasteiger partial charge in [-0.15, -0.1) is 12.4 Å². The van der Waals surface area contributed by atoms with Crippen LogP contribution in [0.4, 0.5) is 30.8 Å². The summed E-state index contributed by atoms with van der Waals surface area (Å²) < 4.78 is 46.6. The van der Waals surface area contributed by atoms with Crippen LogP contribution in [0.1, 0.15) is 47.0 Å². The Morgan fingerprint density at radius 2 is 1.91 bits per heavy atom. The molecule has 1 aliphatic heterocycles. The molecule has 5 rings (SSSR count). The van der Waals surface area contributed by atoms with Gasteiger partial charge in [0.1, 0.15) is 42.4 Å². The topological polar surface area (TPSA) is 133 Å². The Balaban J connectivity index is 0.00000500. The second-order valence-electron chi connectivity index (χ2n) is 11.8. The molecule has 47 heavy (non-hydrogen) atoms. The fraction of sp³-hybridized carbons (Fsp3) is 0.406. The molecule has 2 amide bonds. The van der Waals surface area contributed by atoms with Gasteiger partial charge in [-0.25, -0.2) is 23.5 Å². The minimum atomic E-state index is -1.14. The summed E-state index contributed by atoms with van der Waals surface area (Å²) in [6.07, 6.45) is 6.72. The molecule has 2 aromatic carbocycles. The zero-order valence-electron chi connectivity index (χ0n) is 26.6. The smallest absolute Gasteiger partial charge is 0.410 e. The van der Waals surface area contributed by atoms with Crippen molar-refractivity contribution < 1.29 is 32.6 Å². The van der Waals surface area contributed by atoms with E-state index in [1.165, 1.54) is 29.3 Å². The maximum absolute atomic E-state index is 14.0. The number of fused-ring (bicyclic) bond motifs is 1. The van der Waals surface area contributed by atoms with Crippen molar-refractivity contribution in [3.63, 3.8) is 0 Å². The number of amides is 2. The molecular weight excluding hydrogens is 636 g/mol. The van der Waals surface area contributed by atoms with Crippen molar-refractivity contribution in [1.29, 1.82) is 0 Å². The van der Waals surface area contributed by atoms with E-state index >= 15 is 0 Å². The number of carbonyl (C=O) groups is 2. The summed E-state index contributed by atoms with van der Waals surface area (Å²) in [5, 5.41) is 10.3. The second kappa shape index (κ2) is 15.2. The van der Waals surface area contributed by atoms with Crippen molar-refractivity contribution in [2.24, 2.45) is 0 Å². The number of nitrogens with one attached hydrogen (secondary N) is 2. The predicted molar refractivity (Wildman–Crippen MR) is 175 cm³/mol. The van der Waals surface area contributed by atoms with Gasteiger partial charge in [-0.2, -0.15) is 5.10 Å². The van der Waals surface area contributed by atoms with Crippen LogP contribution in [-0.4, -0.2) is 68.1 Å². The van der Waals surface area contributed by atoms with Crippen LogP contribution in [0.15, 0.2) is 49.1 Å². The number of hydrogen-bond acceptors (Lipinski definition) is 9. The molecule has 1 aliphatic rings. The van der Waals surface area contributed by atoms with Crippen LogP contribution in [-0.2, 0) is 16.1 Å². The minimum Gasteiger partial charge on any atom is -0.494 e. The maximum atomic E-state index is 14.0. The highest BCUT2D eigenvalue weighted by Gasteiger charge is 2.31. The van der Waals surface area contributed by atoms with E-state index in [-0.39, 0.29) is 43.4 Å². The lowest BCUT2D eigenvalue weighted by Gasteiger charge is -2.36. The van der Waals surface area contributed by atoms with Gasteiger partial charge in [-0.3, -0.25) is 9.48 Å². The summed E-state index contributed by atoms with van der Waals surface area (Å²) in [4.78, 5) is 36.1. The number of anilines is 3. The van der Waals surface area contributed by atoms with E-state index < -0.39 is 23.1 Å². The summed E-state index contributed by atoms with van der Waals surface area (Å²) in [7, 11) is 0. The van der Waals surface area contributed by atoms with Crippen molar-refractivity contribution >= 4 is 52.5 Å². The molecule has 3 heterocycles. The molecule has 0 radical (unpaired) electrons. The molecule has 0 unspecified atom stereocenters. The Morgan fingerprint density at radius 3 is 2.68 bits per heavy atom. The molecule has 2 aromatic heterocycles. The Labute approximate surface area is 277 Å². The largest absolute Gasteiger partial charge is 0.494 e. The number of ether oxygens (including phenoxy) is 3. The summed E-state index contributed by atoms with van der Waals surface area (Å²) in [6, 6.07) is 6.90. The molecule has 0 aliphatic carbocycles. The van der Waals surface area contributed by atoms with Gasteiger partial charge < -0.3 is 29.7 Å². The number of piperidine rings is 1. The molecular formula is C32H38ClF2N7O5. The third kappa shape index (κ3) is 8.97. The highest BCUT2D eigenvalue weighted by atomic mass is 35.5. The quantitative estimate of drug-likeness (QED) is 0.194. The van der Waals surface area contributed by atoms with Crippen LogP contribution in [0.2, 0.25) is 0 Å². The molecule has 0 bridgehead atoms. The molecule has 1 fully saturated rings. The summed E-state index contributed by atoms with van der Waals surface area (Å²) in [5.41, 5.74) is 0.198. The SMILES string of the molecule is CCOc1cc(OC[C@H]2CCCCN2C(=O)OC(C)(C)C)c2c(Nc3cnn(CC(=O)Nc4cccc(F)c4F)c3)ncnc2c1.Cl. The van der Waals surface area contributed by atoms with Crippen LogP contribution in [0, 0.1) is 11.6 Å². The van der Waals surface area contributed by atoms with Gasteiger partial charge in [0, 0.05) is 24.9 Å². The first kappa shape index (κ1) is 35.1. The third-order valence-electron chi connectivity index (χ3n) is 7.10. The van der Waals surface area contributed by atoms with E-state index in [9.17, 15) is 18.4 Å². The molecule has 12 nitrogen and oxygen atoms in total. The number of rotatable bonds is 10. The molecule has 2 N–H and O–H groups in total. The number of carbonyl (C=O) groups excluding carboxylic acids is 2. The Kier molecular flexibility index (Phi) is 11.4. The van der Waals surface area contributed by atoms with Crippen LogP contribution in [0.25, 0.3) is 10.9 Å². The van der Waals surface area contributed by atoms with Crippen LogP contribution < -0.4 is 20.1 Å². The molecule has 15 heteroatoms. The first-order chi connectivity index (χ1) is 22.0. The molecule has 1 atom stereocenters. The highest BCUT2D eigenvalue weighted by Crippen LogP contribution is 2.36. The predicted octanol–water partition coefficient (Wildman–Crippen LogP) is 6.48. The first-order valence-electron chi connectivity index (χ1n) is 15.1.